The van der Waals surface area contributed by atoms with Gasteiger partial charge in [0.25, 0.3) is 0 Å². The largest absolute Gasteiger partial charge is 0.511 e. The van der Waals surface area contributed by atoms with Crippen LogP contribution in [0.5, 0.6) is 0 Å². The molecule has 1 fully saturated rings. The molecule has 0 radical (unpaired) electrons. The fraction of sp³-hybridized carbons (Fsp3) is 0.667. The topological polar surface area (TPSA) is 64.9 Å². The third-order valence-electron chi connectivity index (χ3n) is 3.18. The number of aliphatic imine (C=N–C) groups is 1. The van der Waals surface area contributed by atoms with E-state index in [1.54, 1.807) is 0 Å². The molecule has 0 aromatic rings. The van der Waals surface area contributed by atoms with E-state index < -0.39 is 0 Å². The Balaban J connectivity index is 1.74. The molecule has 17 heavy (non-hydrogen) atoms. The van der Waals surface area contributed by atoms with Gasteiger partial charge in [-0.05, 0) is 0 Å². The number of aliphatic hydroxyl groups excluding tert-OH is 1. The Kier molecular flexibility index (Phi) is 4.28. The monoisotopic (exact) mass is 237 g/mol. The van der Waals surface area contributed by atoms with Crippen molar-refractivity contribution in [2.45, 2.75) is 12.8 Å². The van der Waals surface area contributed by atoms with Crippen molar-refractivity contribution in [3.8, 4) is 0 Å². The summed E-state index contributed by atoms with van der Waals surface area (Å²) in [5.74, 6) is 0.203. The molecular formula is C12H19N3O2. The van der Waals surface area contributed by atoms with Gasteiger partial charge >= 0.3 is 0 Å². The number of carbonyl (C=O) groups excluding carboxylic acids is 1. The van der Waals surface area contributed by atoms with Crippen molar-refractivity contribution in [3.05, 3.63) is 11.3 Å². The average Bonchev–Trinajstić information content (AvgIpc) is 2.67. The third-order valence-corrected chi connectivity index (χ3v) is 3.18. The molecular weight excluding hydrogens is 218 g/mol. The number of hydrogen-bond donors (Lipinski definition) is 2. The molecule has 5 nitrogen and oxygen atoms in total. The molecule has 94 valence electrons. The Labute approximate surface area is 101 Å². The third kappa shape index (κ3) is 3.38. The highest BCUT2D eigenvalue weighted by Crippen LogP contribution is 2.18. The summed E-state index contributed by atoms with van der Waals surface area (Å²) in [6, 6.07) is 0. The number of nitrogens with zero attached hydrogens (tertiary/aromatic N) is 2. The number of ketones is 1. The summed E-state index contributed by atoms with van der Waals surface area (Å²) in [7, 11) is 0. The van der Waals surface area contributed by atoms with E-state index in [0.717, 1.165) is 32.7 Å². The SMILES string of the molecule is O=C1CCC(O)=C1C=NCCN1CCNCC1. The maximum atomic E-state index is 11.4. The van der Waals surface area contributed by atoms with E-state index in [1.165, 1.54) is 6.21 Å². The van der Waals surface area contributed by atoms with Gasteiger partial charge in [-0.2, -0.15) is 0 Å². The summed E-state index contributed by atoms with van der Waals surface area (Å²) in [6.45, 7) is 5.79. The lowest BCUT2D eigenvalue weighted by Gasteiger charge is -2.26. The lowest BCUT2D eigenvalue weighted by molar-refractivity contribution is -0.114. The molecule has 0 atom stereocenters. The minimum absolute atomic E-state index is 0.00780. The number of aliphatic hydroxyl groups is 1. The highest BCUT2D eigenvalue weighted by molar-refractivity contribution is 6.15. The van der Waals surface area contributed by atoms with Gasteiger partial charge in [-0.15, -0.1) is 0 Å². The number of hydrogen-bond acceptors (Lipinski definition) is 5. The van der Waals surface area contributed by atoms with Crippen LogP contribution in [0.4, 0.5) is 0 Å². The van der Waals surface area contributed by atoms with E-state index in [2.05, 4.69) is 15.2 Å². The molecule has 0 aromatic carbocycles. The Morgan fingerprint density at radius 1 is 1.35 bits per heavy atom. The van der Waals surface area contributed by atoms with Crippen LogP contribution >= 0.6 is 0 Å². The van der Waals surface area contributed by atoms with Gasteiger partial charge in [0.05, 0.1) is 12.1 Å². The maximum Gasteiger partial charge on any atom is 0.168 e. The molecule has 1 saturated heterocycles. The van der Waals surface area contributed by atoms with E-state index in [9.17, 15) is 9.90 Å². The summed E-state index contributed by atoms with van der Waals surface area (Å²) >= 11 is 0. The molecule has 1 heterocycles. The van der Waals surface area contributed by atoms with Crippen molar-refractivity contribution in [1.29, 1.82) is 0 Å². The second-order valence-electron chi connectivity index (χ2n) is 4.41. The number of piperazine rings is 1. The predicted octanol–water partition coefficient (Wildman–Crippen LogP) is 0.137. The fourth-order valence-electron chi connectivity index (χ4n) is 2.10. The predicted molar refractivity (Wildman–Crippen MR) is 66.6 cm³/mol. The lowest BCUT2D eigenvalue weighted by Crippen LogP contribution is -2.44. The maximum absolute atomic E-state index is 11.4. The molecule has 0 unspecified atom stereocenters. The Bertz CT molecular complexity index is 344. The van der Waals surface area contributed by atoms with Crippen molar-refractivity contribution in [1.82, 2.24) is 10.2 Å². The smallest absolute Gasteiger partial charge is 0.168 e. The van der Waals surface area contributed by atoms with E-state index in [-0.39, 0.29) is 11.5 Å². The van der Waals surface area contributed by atoms with E-state index in [4.69, 9.17) is 0 Å². The summed E-state index contributed by atoms with van der Waals surface area (Å²) < 4.78 is 0. The normalized spacial score (nSPS) is 22.9. The van der Waals surface area contributed by atoms with Crippen molar-refractivity contribution in [2.24, 2.45) is 4.99 Å². The molecule has 0 saturated carbocycles. The van der Waals surface area contributed by atoms with Crippen LogP contribution in [0, 0.1) is 0 Å². The van der Waals surface area contributed by atoms with E-state index in [0.29, 0.717) is 25.0 Å². The summed E-state index contributed by atoms with van der Waals surface area (Å²) in [4.78, 5) is 17.9. The molecule has 1 aliphatic carbocycles. The molecule has 2 aliphatic rings. The van der Waals surface area contributed by atoms with Gasteiger partial charge in [-0.25, -0.2) is 0 Å². The number of Topliss-reactive ketones (excluding diaryl/α,β-unsaturated/α-hetero) is 1. The van der Waals surface area contributed by atoms with Gasteiger partial charge in [-0.3, -0.25) is 14.7 Å². The lowest BCUT2D eigenvalue weighted by atomic mass is 10.2. The minimum Gasteiger partial charge on any atom is -0.511 e. The summed E-state index contributed by atoms with van der Waals surface area (Å²) in [6.07, 6.45) is 2.43. The average molecular weight is 237 g/mol. The first-order valence-corrected chi connectivity index (χ1v) is 6.15. The number of rotatable bonds is 4. The quantitative estimate of drug-likeness (QED) is 0.683. The van der Waals surface area contributed by atoms with Crippen LogP contribution in [0.15, 0.2) is 16.3 Å². The van der Waals surface area contributed by atoms with Crippen LogP contribution in [-0.2, 0) is 4.79 Å². The fourth-order valence-corrected chi connectivity index (χ4v) is 2.10. The van der Waals surface area contributed by atoms with Crippen molar-refractivity contribution in [3.63, 3.8) is 0 Å². The highest BCUT2D eigenvalue weighted by atomic mass is 16.3. The summed E-state index contributed by atoms with van der Waals surface area (Å²) in [5, 5.41) is 12.8. The molecule has 5 heteroatoms. The van der Waals surface area contributed by atoms with Crippen LogP contribution in [0.3, 0.4) is 0 Å². The van der Waals surface area contributed by atoms with Crippen molar-refractivity contribution >= 4 is 12.0 Å². The van der Waals surface area contributed by atoms with Crippen LogP contribution in [-0.4, -0.2) is 61.3 Å². The minimum atomic E-state index is 0.00780. The molecule has 0 amide bonds. The zero-order chi connectivity index (χ0) is 12.1. The molecule has 2 rings (SSSR count). The van der Waals surface area contributed by atoms with Crippen molar-refractivity contribution < 1.29 is 9.90 Å². The van der Waals surface area contributed by atoms with Gasteiger partial charge in [0.1, 0.15) is 5.76 Å². The van der Waals surface area contributed by atoms with Gasteiger partial charge in [-0.1, -0.05) is 0 Å². The van der Waals surface area contributed by atoms with E-state index >= 15 is 0 Å². The first-order valence-electron chi connectivity index (χ1n) is 6.15. The van der Waals surface area contributed by atoms with Gasteiger partial charge in [0.2, 0.25) is 0 Å². The zero-order valence-corrected chi connectivity index (χ0v) is 9.98. The molecule has 0 aromatic heterocycles. The van der Waals surface area contributed by atoms with Crippen LogP contribution in [0.1, 0.15) is 12.8 Å². The van der Waals surface area contributed by atoms with Gasteiger partial charge < -0.3 is 10.4 Å². The first kappa shape index (κ1) is 12.3. The van der Waals surface area contributed by atoms with Crippen molar-refractivity contribution in [2.75, 3.05) is 39.3 Å². The van der Waals surface area contributed by atoms with E-state index in [1.807, 2.05) is 0 Å². The summed E-state index contributed by atoms with van der Waals surface area (Å²) in [5.41, 5.74) is 0.408. The molecule has 0 spiro atoms. The second-order valence-corrected chi connectivity index (χ2v) is 4.41. The second kappa shape index (κ2) is 5.93. The zero-order valence-electron chi connectivity index (χ0n) is 9.98. The number of allylic oxidation sites excluding steroid dienone is 2. The molecule has 1 aliphatic heterocycles. The van der Waals surface area contributed by atoms with Crippen LogP contribution in [0.2, 0.25) is 0 Å². The van der Waals surface area contributed by atoms with Crippen LogP contribution in [0.25, 0.3) is 0 Å². The number of nitrogens with one attached hydrogen (secondary N) is 1. The Morgan fingerprint density at radius 3 is 2.76 bits per heavy atom. The van der Waals surface area contributed by atoms with Gasteiger partial charge in [0.15, 0.2) is 5.78 Å². The first-order chi connectivity index (χ1) is 8.27. The van der Waals surface area contributed by atoms with Crippen LogP contribution < -0.4 is 5.32 Å². The Hall–Kier alpha value is -1.20. The van der Waals surface area contributed by atoms with Gasteiger partial charge in [0, 0.05) is 51.8 Å². The highest BCUT2D eigenvalue weighted by Gasteiger charge is 2.20. The molecule has 2 N–H and O–H groups in total. The number of carbonyl (C=O) groups is 1. The Morgan fingerprint density at radius 2 is 2.12 bits per heavy atom. The molecule has 0 bridgehead atoms. The standard InChI is InChI=1S/C12H19N3O2/c16-11-1-2-12(17)10(11)9-14-5-8-15-6-3-13-4-7-15/h9,13,16H,1-8H2.